The molecular weight excluding hydrogens is 511 g/mol. The van der Waals surface area contributed by atoms with Gasteiger partial charge in [0.05, 0.1) is 18.1 Å². The summed E-state index contributed by atoms with van der Waals surface area (Å²) in [7, 11) is 0. The van der Waals surface area contributed by atoms with Gasteiger partial charge in [-0.1, -0.05) is 24.3 Å². The van der Waals surface area contributed by atoms with Crippen LogP contribution in [0.3, 0.4) is 0 Å². The second kappa shape index (κ2) is 11.4. The second-order valence-electron chi connectivity index (χ2n) is 10.5. The van der Waals surface area contributed by atoms with Crippen molar-refractivity contribution in [2.45, 2.75) is 43.1 Å². The number of phenols is 1. The number of aromatic hydroxyl groups is 1. The maximum Gasteiger partial charge on any atom is 0.234 e. The van der Waals surface area contributed by atoms with Gasteiger partial charge >= 0.3 is 0 Å². The molecule has 1 aliphatic carbocycles. The van der Waals surface area contributed by atoms with Crippen molar-refractivity contribution < 1.29 is 19.0 Å². The van der Waals surface area contributed by atoms with Crippen molar-refractivity contribution in [2.24, 2.45) is 0 Å². The summed E-state index contributed by atoms with van der Waals surface area (Å²) in [5, 5.41) is 13.3. The number of thioether (sulfide) groups is 1. The SMILES string of the molecule is O=C1CSc2ccc(C3=C(c4ccc(OC5CCN(CCCF)C5)cc4)c4ccc(O)cc4CCC3)cc2N1. The summed E-state index contributed by atoms with van der Waals surface area (Å²) in [5.41, 5.74) is 7.73. The fraction of sp³-hybridized carbons (Fsp3) is 0.344. The third-order valence-corrected chi connectivity index (χ3v) is 8.85. The van der Waals surface area contributed by atoms with Crippen LogP contribution in [0.1, 0.15) is 47.9 Å². The Morgan fingerprint density at radius 1 is 1.05 bits per heavy atom. The van der Waals surface area contributed by atoms with E-state index in [0.717, 1.165) is 89.5 Å². The van der Waals surface area contributed by atoms with E-state index in [1.165, 1.54) is 5.57 Å². The van der Waals surface area contributed by atoms with Gasteiger partial charge in [0, 0.05) is 24.5 Å². The van der Waals surface area contributed by atoms with Gasteiger partial charge in [-0.05, 0) is 102 Å². The standard InChI is InChI=1S/C32H33FN2O3S/c33-14-2-15-35-16-13-26(19-35)38-25-9-5-21(6-10-25)32-27(4-1-3-22-17-24(36)8-11-28(22)32)23-7-12-30-29(18-23)34-31(37)20-39-30/h5-12,17-18,26,36H,1-4,13-16,19-20H2,(H,34,37). The number of amides is 1. The number of nitrogens with zero attached hydrogens (tertiary/aromatic N) is 1. The van der Waals surface area contributed by atoms with Crippen LogP contribution >= 0.6 is 11.8 Å². The van der Waals surface area contributed by atoms with Crippen molar-refractivity contribution in [1.29, 1.82) is 0 Å². The molecular formula is C32H33FN2O3S. The number of carbonyl (C=O) groups excluding carboxylic acids is 1. The Hall–Kier alpha value is -3.29. The Bertz CT molecular complexity index is 1410. The smallest absolute Gasteiger partial charge is 0.234 e. The molecule has 2 N–H and O–H groups in total. The second-order valence-corrected chi connectivity index (χ2v) is 11.5. The maximum absolute atomic E-state index is 12.6. The fourth-order valence-electron chi connectivity index (χ4n) is 5.94. The highest BCUT2D eigenvalue weighted by Crippen LogP contribution is 2.43. The van der Waals surface area contributed by atoms with Crippen molar-refractivity contribution in [1.82, 2.24) is 4.90 Å². The van der Waals surface area contributed by atoms with Crippen LogP contribution in [0.2, 0.25) is 0 Å². The van der Waals surface area contributed by atoms with Gasteiger partial charge in [0.25, 0.3) is 0 Å². The molecule has 0 radical (unpaired) electrons. The lowest BCUT2D eigenvalue weighted by molar-refractivity contribution is -0.113. The Labute approximate surface area is 233 Å². The molecule has 0 bridgehead atoms. The van der Waals surface area contributed by atoms with Gasteiger partial charge in [-0.25, -0.2) is 0 Å². The Balaban J connectivity index is 1.35. The summed E-state index contributed by atoms with van der Waals surface area (Å²) < 4.78 is 18.8. The fourth-order valence-corrected chi connectivity index (χ4v) is 6.72. The normalized spacial score (nSPS) is 19.3. The van der Waals surface area contributed by atoms with E-state index in [1.807, 2.05) is 24.3 Å². The molecule has 0 spiro atoms. The number of hydrogen-bond donors (Lipinski definition) is 2. The zero-order chi connectivity index (χ0) is 26.8. The first-order valence-corrected chi connectivity index (χ1v) is 14.7. The van der Waals surface area contributed by atoms with E-state index in [0.29, 0.717) is 12.2 Å². The number of ether oxygens (including phenoxy) is 1. The quantitative estimate of drug-likeness (QED) is 0.354. The van der Waals surface area contributed by atoms with E-state index in [1.54, 1.807) is 17.8 Å². The largest absolute Gasteiger partial charge is 0.508 e. The molecule has 1 saturated heterocycles. The van der Waals surface area contributed by atoms with Crippen molar-refractivity contribution in [3.05, 3.63) is 82.9 Å². The summed E-state index contributed by atoms with van der Waals surface area (Å²) in [4.78, 5) is 15.4. The number of allylic oxidation sites excluding steroid dienone is 1. The molecule has 0 aromatic heterocycles. The highest BCUT2D eigenvalue weighted by Gasteiger charge is 2.25. The number of likely N-dealkylation sites (tertiary alicyclic amines) is 1. The molecule has 3 aromatic carbocycles. The number of phenolic OH excluding ortho intramolecular Hbond substituents is 1. The summed E-state index contributed by atoms with van der Waals surface area (Å²) >= 11 is 1.57. The molecule has 39 heavy (non-hydrogen) atoms. The molecule has 1 unspecified atom stereocenters. The summed E-state index contributed by atoms with van der Waals surface area (Å²) in [6, 6.07) is 20.4. The zero-order valence-electron chi connectivity index (χ0n) is 21.9. The first-order valence-electron chi connectivity index (χ1n) is 13.8. The summed E-state index contributed by atoms with van der Waals surface area (Å²) in [6.45, 7) is 2.29. The van der Waals surface area contributed by atoms with Gasteiger partial charge in [-0.3, -0.25) is 14.1 Å². The average molecular weight is 545 g/mol. The Kier molecular flexibility index (Phi) is 7.62. The van der Waals surface area contributed by atoms with E-state index in [9.17, 15) is 14.3 Å². The minimum atomic E-state index is -0.275. The molecule has 1 fully saturated rings. The highest BCUT2D eigenvalue weighted by atomic mass is 32.2. The molecule has 6 rings (SSSR count). The van der Waals surface area contributed by atoms with Crippen molar-refractivity contribution in [2.75, 3.05) is 37.4 Å². The average Bonchev–Trinajstić information content (AvgIpc) is 3.30. The molecule has 3 aliphatic rings. The van der Waals surface area contributed by atoms with Crippen LogP contribution in [0.15, 0.2) is 65.6 Å². The molecule has 1 atom stereocenters. The summed E-state index contributed by atoms with van der Waals surface area (Å²) in [6.07, 6.45) is 4.39. The number of alkyl halides is 1. The van der Waals surface area contributed by atoms with Gasteiger partial charge in [0.2, 0.25) is 5.91 Å². The molecule has 2 heterocycles. The number of nitrogens with one attached hydrogen (secondary N) is 1. The number of fused-ring (bicyclic) bond motifs is 2. The van der Waals surface area contributed by atoms with E-state index in [-0.39, 0.29) is 24.4 Å². The molecule has 2 aliphatic heterocycles. The topological polar surface area (TPSA) is 61.8 Å². The number of aryl methyl sites for hydroxylation is 1. The molecule has 3 aromatic rings. The highest BCUT2D eigenvalue weighted by molar-refractivity contribution is 8.00. The van der Waals surface area contributed by atoms with Crippen LogP contribution in [0.5, 0.6) is 11.5 Å². The third kappa shape index (κ3) is 5.70. The van der Waals surface area contributed by atoms with Gasteiger partial charge in [0.15, 0.2) is 0 Å². The number of benzene rings is 3. The predicted octanol–water partition coefficient (Wildman–Crippen LogP) is 6.54. The predicted molar refractivity (Wildman–Crippen MR) is 155 cm³/mol. The van der Waals surface area contributed by atoms with E-state index in [2.05, 4.69) is 40.5 Å². The van der Waals surface area contributed by atoms with E-state index < -0.39 is 0 Å². The van der Waals surface area contributed by atoms with E-state index >= 15 is 0 Å². The van der Waals surface area contributed by atoms with Crippen LogP contribution in [-0.4, -0.2) is 54.1 Å². The van der Waals surface area contributed by atoms with Crippen LogP contribution < -0.4 is 10.1 Å². The van der Waals surface area contributed by atoms with Crippen LogP contribution in [-0.2, 0) is 11.2 Å². The molecule has 5 nitrogen and oxygen atoms in total. The third-order valence-electron chi connectivity index (χ3n) is 7.78. The zero-order valence-corrected chi connectivity index (χ0v) is 22.7. The number of anilines is 1. The first-order chi connectivity index (χ1) is 19.1. The van der Waals surface area contributed by atoms with Gasteiger partial charge in [-0.15, -0.1) is 11.8 Å². The minimum absolute atomic E-state index is 0.0314. The van der Waals surface area contributed by atoms with Gasteiger partial charge < -0.3 is 15.2 Å². The monoisotopic (exact) mass is 544 g/mol. The van der Waals surface area contributed by atoms with Crippen LogP contribution in [0, 0.1) is 0 Å². The van der Waals surface area contributed by atoms with E-state index in [4.69, 9.17) is 4.74 Å². The van der Waals surface area contributed by atoms with Gasteiger partial charge in [0.1, 0.15) is 17.6 Å². The minimum Gasteiger partial charge on any atom is -0.508 e. The summed E-state index contributed by atoms with van der Waals surface area (Å²) in [5.74, 6) is 1.60. The lowest BCUT2D eigenvalue weighted by Crippen LogP contribution is -2.26. The Morgan fingerprint density at radius 2 is 1.90 bits per heavy atom. The van der Waals surface area contributed by atoms with Crippen molar-refractivity contribution in [3.8, 4) is 11.5 Å². The number of carbonyl (C=O) groups is 1. The van der Waals surface area contributed by atoms with Crippen LogP contribution in [0.25, 0.3) is 11.1 Å². The number of hydrogen-bond acceptors (Lipinski definition) is 5. The lowest BCUT2D eigenvalue weighted by Gasteiger charge is -2.21. The van der Waals surface area contributed by atoms with Crippen LogP contribution in [0.4, 0.5) is 10.1 Å². The number of rotatable bonds is 7. The molecule has 7 heteroatoms. The molecule has 1 amide bonds. The van der Waals surface area contributed by atoms with Crippen molar-refractivity contribution in [3.63, 3.8) is 0 Å². The molecule has 202 valence electrons. The molecule has 0 saturated carbocycles. The van der Waals surface area contributed by atoms with Gasteiger partial charge in [-0.2, -0.15) is 0 Å². The lowest BCUT2D eigenvalue weighted by atomic mass is 9.87. The first kappa shape index (κ1) is 26.0. The maximum atomic E-state index is 12.6. The Morgan fingerprint density at radius 3 is 2.74 bits per heavy atom. The number of halogens is 1. The van der Waals surface area contributed by atoms with Crippen molar-refractivity contribution >= 4 is 34.5 Å².